The van der Waals surface area contributed by atoms with Gasteiger partial charge in [0.15, 0.2) is 0 Å². The van der Waals surface area contributed by atoms with Crippen molar-refractivity contribution in [1.29, 1.82) is 10.5 Å². The second-order valence-corrected chi connectivity index (χ2v) is 6.87. The summed E-state index contributed by atoms with van der Waals surface area (Å²) < 4.78 is 5.84. The predicted molar refractivity (Wildman–Crippen MR) is 118 cm³/mol. The number of nitrogens with zero attached hydrogens (tertiary/aromatic N) is 3. The molecule has 0 aliphatic carbocycles. The van der Waals surface area contributed by atoms with Crippen LogP contribution in [0.25, 0.3) is 0 Å². The van der Waals surface area contributed by atoms with Crippen LogP contribution in [0.15, 0.2) is 85.5 Å². The summed E-state index contributed by atoms with van der Waals surface area (Å²) in [4.78, 5) is 14.8. The predicted octanol–water partition coefficient (Wildman–Crippen LogP) is 4.84. The first-order valence-corrected chi connectivity index (χ1v) is 9.74. The second-order valence-electron chi connectivity index (χ2n) is 6.87. The average molecular weight is 407 g/mol. The van der Waals surface area contributed by atoms with Gasteiger partial charge in [-0.1, -0.05) is 42.5 Å². The first kappa shape index (κ1) is 21.4. The second kappa shape index (κ2) is 10.4. The number of hydrogen-bond acceptors (Lipinski definition) is 4. The Balaban J connectivity index is 1.73. The lowest BCUT2D eigenvalue weighted by Gasteiger charge is -2.22. The molecular formula is C26H21N3O2. The third-order valence-corrected chi connectivity index (χ3v) is 4.71. The molecule has 0 saturated heterocycles. The maximum Gasteiger partial charge on any atom is 0.254 e. The molecule has 0 aliphatic heterocycles. The first-order valence-electron chi connectivity index (χ1n) is 9.74. The molecule has 0 bridgehead atoms. The molecule has 1 amide bonds. The molecule has 5 nitrogen and oxygen atoms in total. The van der Waals surface area contributed by atoms with Crippen LogP contribution >= 0.6 is 0 Å². The normalized spacial score (nSPS) is 9.87. The number of carbonyl (C=O) groups is 1. The largest absolute Gasteiger partial charge is 0.489 e. The van der Waals surface area contributed by atoms with Gasteiger partial charge in [0.1, 0.15) is 12.4 Å². The van der Waals surface area contributed by atoms with Crippen molar-refractivity contribution in [3.8, 4) is 17.9 Å². The summed E-state index contributed by atoms with van der Waals surface area (Å²) in [6, 6.07) is 25.6. The van der Waals surface area contributed by atoms with Crippen molar-refractivity contribution in [1.82, 2.24) is 4.90 Å². The molecule has 0 N–H and O–H groups in total. The Morgan fingerprint density at radius 3 is 2.48 bits per heavy atom. The summed E-state index contributed by atoms with van der Waals surface area (Å²) in [5, 5.41) is 18.2. The van der Waals surface area contributed by atoms with E-state index in [0.29, 0.717) is 35.5 Å². The SMILES string of the molecule is C=CCN(Cc1ccc(C#N)cc1)C(=O)c1cccc(OCc2ccccc2C#N)c1. The zero-order valence-electron chi connectivity index (χ0n) is 17.0. The fourth-order valence-electron chi connectivity index (χ4n) is 3.10. The van der Waals surface area contributed by atoms with Gasteiger partial charge < -0.3 is 9.64 Å². The fourth-order valence-corrected chi connectivity index (χ4v) is 3.10. The lowest BCUT2D eigenvalue weighted by molar-refractivity contribution is 0.0762. The summed E-state index contributed by atoms with van der Waals surface area (Å²) in [5.74, 6) is 0.405. The molecule has 0 heterocycles. The van der Waals surface area contributed by atoms with Gasteiger partial charge in [-0.3, -0.25) is 4.79 Å². The van der Waals surface area contributed by atoms with Crippen molar-refractivity contribution in [2.24, 2.45) is 0 Å². The molecule has 152 valence electrons. The van der Waals surface area contributed by atoms with Crippen molar-refractivity contribution in [2.75, 3.05) is 6.54 Å². The number of hydrogen-bond donors (Lipinski definition) is 0. The van der Waals surface area contributed by atoms with Crippen molar-refractivity contribution in [3.05, 3.63) is 113 Å². The monoisotopic (exact) mass is 407 g/mol. The molecule has 3 rings (SSSR count). The van der Waals surface area contributed by atoms with Crippen LogP contribution in [0, 0.1) is 22.7 Å². The van der Waals surface area contributed by atoms with Gasteiger partial charge in [-0.15, -0.1) is 6.58 Å². The summed E-state index contributed by atoms with van der Waals surface area (Å²) in [7, 11) is 0. The molecule has 3 aromatic rings. The summed E-state index contributed by atoms with van der Waals surface area (Å²) in [5.41, 5.74) is 3.36. The van der Waals surface area contributed by atoms with Crippen LogP contribution in [0.4, 0.5) is 0 Å². The highest BCUT2D eigenvalue weighted by Gasteiger charge is 2.16. The maximum atomic E-state index is 13.1. The van der Waals surface area contributed by atoms with E-state index in [0.717, 1.165) is 11.1 Å². The van der Waals surface area contributed by atoms with E-state index in [2.05, 4.69) is 18.7 Å². The minimum atomic E-state index is -0.146. The van der Waals surface area contributed by atoms with Crippen molar-refractivity contribution < 1.29 is 9.53 Å². The molecule has 5 heteroatoms. The number of rotatable bonds is 8. The Morgan fingerprint density at radius 2 is 1.77 bits per heavy atom. The number of ether oxygens (including phenoxy) is 1. The van der Waals surface area contributed by atoms with Gasteiger partial charge >= 0.3 is 0 Å². The standard InChI is InChI=1S/C26H21N3O2/c1-2-14-29(18-21-12-10-20(16-27)11-13-21)26(30)22-8-5-9-25(15-22)31-19-24-7-4-3-6-23(24)17-28/h2-13,15H,1,14,18-19H2. The van der Waals surface area contributed by atoms with Gasteiger partial charge in [-0.25, -0.2) is 0 Å². The van der Waals surface area contributed by atoms with Gasteiger partial charge in [0, 0.05) is 24.2 Å². The average Bonchev–Trinajstić information content (AvgIpc) is 2.82. The molecule has 0 fully saturated rings. The molecule has 31 heavy (non-hydrogen) atoms. The van der Waals surface area contributed by atoms with E-state index < -0.39 is 0 Å². The van der Waals surface area contributed by atoms with E-state index in [1.807, 2.05) is 30.3 Å². The van der Waals surface area contributed by atoms with E-state index in [9.17, 15) is 10.1 Å². The highest BCUT2D eigenvalue weighted by Crippen LogP contribution is 2.19. The Kier molecular flexibility index (Phi) is 7.19. The summed E-state index contributed by atoms with van der Waals surface area (Å²) in [6.07, 6.45) is 1.68. The smallest absolute Gasteiger partial charge is 0.254 e. The first-order chi connectivity index (χ1) is 15.1. The Labute approximate surface area is 182 Å². The lowest BCUT2D eigenvalue weighted by atomic mass is 10.1. The Bertz CT molecular complexity index is 1150. The highest BCUT2D eigenvalue weighted by atomic mass is 16.5. The van der Waals surface area contributed by atoms with Crippen molar-refractivity contribution >= 4 is 5.91 Å². The third-order valence-electron chi connectivity index (χ3n) is 4.71. The van der Waals surface area contributed by atoms with Gasteiger partial charge in [-0.2, -0.15) is 10.5 Å². The molecule has 0 unspecified atom stereocenters. The van der Waals surface area contributed by atoms with Gasteiger partial charge in [0.05, 0.1) is 23.3 Å². The molecule has 0 atom stereocenters. The minimum Gasteiger partial charge on any atom is -0.489 e. The molecule has 3 aromatic carbocycles. The van der Waals surface area contributed by atoms with Crippen LogP contribution in [0.5, 0.6) is 5.75 Å². The molecule has 0 saturated carbocycles. The summed E-state index contributed by atoms with van der Waals surface area (Å²) >= 11 is 0. The zero-order valence-corrected chi connectivity index (χ0v) is 17.0. The van der Waals surface area contributed by atoms with Crippen LogP contribution in [-0.4, -0.2) is 17.4 Å². The number of carbonyl (C=O) groups excluding carboxylic acids is 1. The van der Waals surface area contributed by atoms with Crippen LogP contribution in [-0.2, 0) is 13.2 Å². The van der Waals surface area contributed by atoms with E-state index >= 15 is 0 Å². The van der Waals surface area contributed by atoms with Crippen molar-refractivity contribution in [2.45, 2.75) is 13.2 Å². The minimum absolute atomic E-state index is 0.146. The number of benzene rings is 3. The van der Waals surface area contributed by atoms with Gasteiger partial charge in [0.25, 0.3) is 5.91 Å². The molecule has 0 spiro atoms. The third kappa shape index (κ3) is 5.59. The number of nitriles is 2. The molecular weight excluding hydrogens is 386 g/mol. The zero-order chi connectivity index (χ0) is 22.1. The van der Waals surface area contributed by atoms with Crippen LogP contribution in [0.1, 0.15) is 32.6 Å². The maximum absolute atomic E-state index is 13.1. The quantitative estimate of drug-likeness (QED) is 0.501. The van der Waals surface area contributed by atoms with Crippen molar-refractivity contribution in [3.63, 3.8) is 0 Å². The molecule has 0 radical (unpaired) electrons. The topological polar surface area (TPSA) is 77.1 Å². The lowest BCUT2D eigenvalue weighted by Crippen LogP contribution is -2.30. The fraction of sp³-hybridized carbons (Fsp3) is 0.115. The van der Waals surface area contributed by atoms with Gasteiger partial charge in [-0.05, 0) is 42.0 Å². The van der Waals surface area contributed by atoms with Crippen LogP contribution < -0.4 is 4.74 Å². The van der Waals surface area contributed by atoms with Gasteiger partial charge in [0.2, 0.25) is 0 Å². The van der Waals surface area contributed by atoms with E-state index in [1.165, 1.54) is 0 Å². The number of amides is 1. The van der Waals surface area contributed by atoms with E-state index in [-0.39, 0.29) is 12.5 Å². The van der Waals surface area contributed by atoms with Crippen LogP contribution in [0.3, 0.4) is 0 Å². The van der Waals surface area contributed by atoms with Crippen LogP contribution in [0.2, 0.25) is 0 Å². The summed E-state index contributed by atoms with van der Waals surface area (Å²) in [6.45, 7) is 4.78. The Morgan fingerprint density at radius 1 is 1.00 bits per heavy atom. The van der Waals surface area contributed by atoms with E-state index in [4.69, 9.17) is 10.00 Å². The molecule has 0 aliphatic rings. The van der Waals surface area contributed by atoms with E-state index in [1.54, 1.807) is 53.4 Å². The molecule has 0 aromatic heterocycles. The Hall–Kier alpha value is -4.35. The highest BCUT2D eigenvalue weighted by molar-refractivity contribution is 5.94.